The van der Waals surface area contributed by atoms with Crippen LogP contribution in [0, 0.1) is 6.92 Å². The van der Waals surface area contributed by atoms with Crippen molar-refractivity contribution in [1.29, 1.82) is 0 Å². The first-order valence-corrected chi connectivity index (χ1v) is 12.1. The molecule has 0 aliphatic carbocycles. The summed E-state index contributed by atoms with van der Waals surface area (Å²) in [5.74, 6) is -1.63. The largest absolute Gasteiger partial charge is 0.466 e. The second-order valence-electron chi connectivity index (χ2n) is 10.1. The zero-order valence-corrected chi connectivity index (χ0v) is 22.1. The van der Waals surface area contributed by atoms with Gasteiger partial charge in [-0.15, -0.1) is 0 Å². The van der Waals surface area contributed by atoms with Crippen molar-refractivity contribution < 1.29 is 23.5 Å². The first-order chi connectivity index (χ1) is 17.4. The molecule has 0 radical (unpaired) electrons. The molecule has 1 aliphatic heterocycles. The lowest BCUT2D eigenvalue weighted by Gasteiger charge is -2.32. The monoisotopic (exact) mass is 501 g/mol. The van der Waals surface area contributed by atoms with E-state index in [0.717, 1.165) is 5.56 Å². The van der Waals surface area contributed by atoms with E-state index in [0.29, 0.717) is 39.3 Å². The first-order valence-electron chi connectivity index (χ1n) is 12.1. The van der Waals surface area contributed by atoms with Crippen LogP contribution >= 0.6 is 0 Å². The van der Waals surface area contributed by atoms with Gasteiger partial charge >= 0.3 is 11.9 Å². The number of para-hydroxylation sites is 1. The lowest BCUT2D eigenvalue weighted by molar-refractivity contribution is -0.150. The quantitative estimate of drug-likeness (QED) is 0.471. The molecule has 1 aromatic heterocycles. The van der Waals surface area contributed by atoms with E-state index in [-0.39, 0.29) is 16.6 Å². The number of carbonyl (C=O) groups is 2. The summed E-state index contributed by atoms with van der Waals surface area (Å²) in [6, 6.07) is 14.5. The summed E-state index contributed by atoms with van der Waals surface area (Å²) in [5, 5.41) is 3.49. The number of methoxy groups -OCH3 is 1. The Morgan fingerprint density at radius 1 is 0.892 bits per heavy atom. The molecule has 1 N–H and O–H groups in total. The summed E-state index contributed by atoms with van der Waals surface area (Å²) in [4.78, 5) is 40.1. The van der Waals surface area contributed by atoms with E-state index in [1.807, 2.05) is 30.3 Å². The number of esters is 2. The summed E-state index contributed by atoms with van der Waals surface area (Å²) in [6.07, 6.45) is 0. The second kappa shape index (κ2) is 9.73. The molecular formula is C30H31NO6. The smallest absolute Gasteiger partial charge is 0.337 e. The molecule has 7 heteroatoms. The third-order valence-electron chi connectivity index (χ3n) is 6.31. The van der Waals surface area contributed by atoms with E-state index < -0.39 is 23.5 Å². The number of carbonyl (C=O) groups excluding carboxylic acids is 2. The van der Waals surface area contributed by atoms with E-state index in [1.54, 1.807) is 59.7 Å². The Morgan fingerprint density at radius 3 is 2.11 bits per heavy atom. The zero-order chi connectivity index (χ0) is 27.1. The molecule has 0 saturated heterocycles. The van der Waals surface area contributed by atoms with Gasteiger partial charge in [0.05, 0.1) is 29.6 Å². The maximum atomic E-state index is 13.5. The van der Waals surface area contributed by atoms with Crippen LogP contribution in [0.25, 0.3) is 22.3 Å². The zero-order valence-electron chi connectivity index (χ0n) is 22.1. The third kappa shape index (κ3) is 4.81. The highest BCUT2D eigenvalue weighted by Gasteiger charge is 2.40. The molecule has 0 saturated carbocycles. The van der Waals surface area contributed by atoms with Gasteiger partial charge in [-0.05, 0) is 47.6 Å². The minimum absolute atomic E-state index is 0.185. The molecule has 1 aliphatic rings. The molecular weight excluding hydrogens is 470 g/mol. The van der Waals surface area contributed by atoms with Crippen LogP contribution in [0.2, 0.25) is 0 Å². The average molecular weight is 502 g/mol. The molecule has 2 heterocycles. The van der Waals surface area contributed by atoms with Gasteiger partial charge in [0.2, 0.25) is 0 Å². The van der Waals surface area contributed by atoms with Gasteiger partial charge in [0.25, 0.3) is 0 Å². The van der Waals surface area contributed by atoms with Crippen molar-refractivity contribution in [2.24, 2.45) is 0 Å². The summed E-state index contributed by atoms with van der Waals surface area (Å²) < 4.78 is 17.3. The minimum atomic E-state index is -0.887. The van der Waals surface area contributed by atoms with Gasteiger partial charge in [-0.3, -0.25) is 4.79 Å². The molecule has 3 aromatic rings. The maximum absolute atomic E-state index is 13.5. The van der Waals surface area contributed by atoms with Crippen LogP contribution in [0.3, 0.4) is 0 Å². The molecule has 1 atom stereocenters. The Labute approximate surface area is 215 Å². The van der Waals surface area contributed by atoms with Crippen LogP contribution in [0.1, 0.15) is 51.7 Å². The number of rotatable bonds is 4. The highest BCUT2D eigenvalue weighted by Crippen LogP contribution is 2.42. The fraction of sp³-hybridized carbons (Fsp3) is 0.300. The highest BCUT2D eigenvalue weighted by molar-refractivity contribution is 6.01. The number of allylic oxidation sites excluding steroid dienone is 2. The van der Waals surface area contributed by atoms with Crippen LogP contribution in [-0.4, -0.2) is 24.6 Å². The summed E-state index contributed by atoms with van der Waals surface area (Å²) in [5.41, 5.74) is 2.63. The predicted octanol–water partition coefficient (Wildman–Crippen LogP) is 5.52. The molecule has 192 valence electrons. The van der Waals surface area contributed by atoms with Crippen molar-refractivity contribution in [3.05, 3.63) is 92.4 Å². The van der Waals surface area contributed by atoms with Crippen LogP contribution in [0.15, 0.2) is 80.3 Å². The normalized spacial score (nSPS) is 16.0. The van der Waals surface area contributed by atoms with Crippen molar-refractivity contribution in [3.63, 3.8) is 0 Å². The number of hydrogen-bond acceptors (Lipinski definition) is 7. The number of dihydropyridines is 1. The molecule has 37 heavy (non-hydrogen) atoms. The van der Waals surface area contributed by atoms with Crippen molar-refractivity contribution >= 4 is 22.9 Å². The average Bonchev–Trinajstić information content (AvgIpc) is 2.84. The maximum Gasteiger partial charge on any atom is 0.337 e. The van der Waals surface area contributed by atoms with E-state index in [4.69, 9.17) is 13.9 Å². The first kappa shape index (κ1) is 25.9. The summed E-state index contributed by atoms with van der Waals surface area (Å²) in [7, 11) is 1.29. The fourth-order valence-corrected chi connectivity index (χ4v) is 4.71. The standard InChI is InChI=1S/C30H31NO6/c1-16-25(32)21-15-11-14-20(27(21)36-26(16)19-12-9-8-10-13-19)24-22(28(33)35-7)17(2)31-18(3)23(24)29(34)37-30(4,5)6/h8-15,24,31H,1-7H3. The lowest BCUT2D eigenvalue weighted by Crippen LogP contribution is -2.35. The molecule has 7 nitrogen and oxygen atoms in total. The van der Waals surface area contributed by atoms with Crippen LogP contribution in [-0.2, 0) is 19.1 Å². The Morgan fingerprint density at radius 2 is 1.51 bits per heavy atom. The summed E-state index contributed by atoms with van der Waals surface area (Å²) in [6.45, 7) is 10.6. The molecule has 0 amide bonds. The Hall–Kier alpha value is -4.13. The number of benzene rings is 2. The van der Waals surface area contributed by atoms with Gasteiger partial charge in [-0.25, -0.2) is 9.59 Å². The molecule has 0 spiro atoms. The fourth-order valence-electron chi connectivity index (χ4n) is 4.71. The van der Waals surface area contributed by atoms with Gasteiger partial charge in [0.1, 0.15) is 16.9 Å². The second-order valence-corrected chi connectivity index (χ2v) is 10.1. The van der Waals surface area contributed by atoms with E-state index in [9.17, 15) is 14.4 Å². The van der Waals surface area contributed by atoms with Crippen molar-refractivity contribution in [3.8, 4) is 11.3 Å². The topological polar surface area (TPSA) is 94.8 Å². The Bertz CT molecular complexity index is 1520. The molecule has 4 rings (SSSR count). The minimum Gasteiger partial charge on any atom is -0.466 e. The molecule has 0 fully saturated rings. The van der Waals surface area contributed by atoms with E-state index in [1.165, 1.54) is 7.11 Å². The van der Waals surface area contributed by atoms with Crippen LogP contribution < -0.4 is 10.7 Å². The number of ether oxygens (including phenoxy) is 2. The Balaban J connectivity index is 2.06. The van der Waals surface area contributed by atoms with Crippen molar-refractivity contribution in [2.75, 3.05) is 7.11 Å². The van der Waals surface area contributed by atoms with Gasteiger partial charge in [-0.1, -0.05) is 42.5 Å². The van der Waals surface area contributed by atoms with E-state index >= 15 is 0 Å². The van der Waals surface area contributed by atoms with Crippen LogP contribution in [0.5, 0.6) is 0 Å². The predicted molar refractivity (Wildman–Crippen MR) is 142 cm³/mol. The Kier molecular flexibility index (Phi) is 6.82. The highest BCUT2D eigenvalue weighted by atomic mass is 16.6. The third-order valence-corrected chi connectivity index (χ3v) is 6.31. The number of nitrogens with one attached hydrogen (secondary N) is 1. The lowest BCUT2D eigenvalue weighted by atomic mass is 9.79. The molecule has 2 aromatic carbocycles. The van der Waals surface area contributed by atoms with Gasteiger partial charge < -0.3 is 19.2 Å². The SMILES string of the molecule is COC(=O)C1=C(C)NC(C)=C(C(=O)OC(C)(C)C)C1c1cccc2c(=O)c(C)c(-c3ccccc3)oc12. The number of hydrogen-bond donors (Lipinski definition) is 1. The van der Waals surface area contributed by atoms with Crippen LogP contribution in [0.4, 0.5) is 0 Å². The van der Waals surface area contributed by atoms with E-state index in [2.05, 4.69) is 5.32 Å². The van der Waals surface area contributed by atoms with Crippen molar-refractivity contribution in [1.82, 2.24) is 5.32 Å². The van der Waals surface area contributed by atoms with Gasteiger partial charge in [0, 0.05) is 28.1 Å². The van der Waals surface area contributed by atoms with Gasteiger partial charge in [-0.2, -0.15) is 0 Å². The van der Waals surface area contributed by atoms with Crippen molar-refractivity contribution in [2.45, 2.75) is 53.1 Å². The van der Waals surface area contributed by atoms with Gasteiger partial charge in [0.15, 0.2) is 5.43 Å². The molecule has 0 bridgehead atoms. The summed E-state index contributed by atoms with van der Waals surface area (Å²) >= 11 is 0. The number of fused-ring (bicyclic) bond motifs is 1. The molecule has 1 unspecified atom stereocenters.